The molecule has 94 valence electrons. The van der Waals surface area contributed by atoms with Gasteiger partial charge in [0.05, 0.1) is 17.5 Å². The van der Waals surface area contributed by atoms with Gasteiger partial charge in [0.15, 0.2) is 0 Å². The second-order valence-corrected chi connectivity index (χ2v) is 5.96. The Morgan fingerprint density at radius 2 is 2.33 bits per heavy atom. The molecule has 0 saturated carbocycles. The first-order chi connectivity index (χ1) is 8.65. The molecule has 0 aliphatic heterocycles. The van der Waals surface area contributed by atoms with Gasteiger partial charge in [-0.25, -0.2) is 4.98 Å². The van der Waals surface area contributed by atoms with Gasteiger partial charge in [0.25, 0.3) is 0 Å². The van der Waals surface area contributed by atoms with Gasteiger partial charge in [-0.2, -0.15) is 0 Å². The molecule has 1 aromatic heterocycles. The Bertz CT molecular complexity index is 598. The number of fused-ring (bicyclic) bond motifs is 1. The van der Waals surface area contributed by atoms with Crippen LogP contribution in [-0.2, 0) is 12.0 Å². The zero-order valence-corrected chi connectivity index (χ0v) is 12.2. The van der Waals surface area contributed by atoms with Crippen molar-refractivity contribution in [1.29, 1.82) is 0 Å². The van der Waals surface area contributed by atoms with Crippen LogP contribution in [0, 0.1) is 0 Å². The van der Waals surface area contributed by atoms with E-state index in [9.17, 15) is 5.11 Å². The van der Waals surface area contributed by atoms with Crippen molar-refractivity contribution in [2.24, 2.45) is 0 Å². The van der Waals surface area contributed by atoms with E-state index in [0.717, 1.165) is 27.2 Å². The van der Waals surface area contributed by atoms with Crippen LogP contribution in [0.4, 0.5) is 0 Å². The Kier molecular flexibility index (Phi) is 2.92. The number of aryl methyl sites for hydroxylation is 1. The second kappa shape index (κ2) is 4.33. The highest BCUT2D eigenvalue weighted by Gasteiger charge is 2.41. The number of halogens is 1. The lowest BCUT2D eigenvalue weighted by molar-refractivity contribution is 0.0856. The van der Waals surface area contributed by atoms with Gasteiger partial charge in [0.1, 0.15) is 16.0 Å². The predicted octanol–water partition coefficient (Wildman–Crippen LogP) is 3.10. The van der Waals surface area contributed by atoms with Crippen LogP contribution in [0.3, 0.4) is 0 Å². The molecule has 1 aliphatic carbocycles. The number of aliphatic hydroxyl groups is 1. The van der Waals surface area contributed by atoms with Gasteiger partial charge in [0.2, 0.25) is 0 Å². The molecule has 1 aromatic carbocycles. The summed E-state index contributed by atoms with van der Waals surface area (Å²) < 4.78 is 5.97. The number of hydrogen-bond donors (Lipinski definition) is 1. The van der Waals surface area contributed by atoms with Gasteiger partial charge in [-0.15, -0.1) is 11.3 Å². The standard InChI is InChI=1S/C13H12BrNO2S/c1-17-9-3-2-8-4-5-13(16,10(8)6-9)11-12(14)15-7-18-11/h2-3,6-7,16H,4-5H2,1H3. The van der Waals surface area contributed by atoms with Crippen molar-refractivity contribution in [2.75, 3.05) is 7.11 Å². The summed E-state index contributed by atoms with van der Waals surface area (Å²) in [7, 11) is 1.64. The third-order valence-corrected chi connectivity index (χ3v) is 5.26. The van der Waals surface area contributed by atoms with E-state index in [1.165, 1.54) is 16.9 Å². The van der Waals surface area contributed by atoms with Gasteiger partial charge in [0, 0.05) is 0 Å². The summed E-state index contributed by atoms with van der Waals surface area (Å²) in [6.45, 7) is 0. The fourth-order valence-electron chi connectivity index (χ4n) is 2.47. The highest BCUT2D eigenvalue weighted by atomic mass is 79.9. The van der Waals surface area contributed by atoms with Crippen LogP contribution in [-0.4, -0.2) is 17.2 Å². The molecule has 0 amide bonds. The number of methoxy groups -OCH3 is 1. The minimum Gasteiger partial charge on any atom is -0.497 e. The summed E-state index contributed by atoms with van der Waals surface area (Å²) in [6, 6.07) is 5.89. The molecular formula is C13H12BrNO2S. The SMILES string of the molecule is COc1ccc2c(c1)C(O)(c1scnc1Br)CC2. The number of aromatic nitrogens is 1. The minimum atomic E-state index is -0.941. The van der Waals surface area contributed by atoms with Crippen LogP contribution >= 0.6 is 27.3 Å². The van der Waals surface area contributed by atoms with Crippen LogP contribution in [0.5, 0.6) is 5.75 Å². The third kappa shape index (κ3) is 1.69. The lowest BCUT2D eigenvalue weighted by Gasteiger charge is -2.23. The molecular weight excluding hydrogens is 314 g/mol. The normalized spacial score (nSPS) is 21.9. The van der Waals surface area contributed by atoms with Crippen LogP contribution in [0.15, 0.2) is 28.3 Å². The summed E-state index contributed by atoms with van der Waals surface area (Å²) in [5, 5.41) is 11.0. The highest BCUT2D eigenvalue weighted by molar-refractivity contribution is 9.10. The van der Waals surface area contributed by atoms with E-state index in [2.05, 4.69) is 20.9 Å². The van der Waals surface area contributed by atoms with E-state index in [1.807, 2.05) is 18.2 Å². The van der Waals surface area contributed by atoms with Crippen molar-refractivity contribution in [3.8, 4) is 5.75 Å². The molecule has 18 heavy (non-hydrogen) atoms. The van der Waals surface area contributed by atoms with Crippen molar-refractivity contribution in [3.05, 3.63) is 44.3 Å². The third-order valence-electron chi connectivity index (χ3n) is 3.42. The molecule has 0 fully saturated rings. The smallest absolute Gasteiger partial charge is 0.127 e. The van der Waals surface area contributed by atoms with E-state index in [4.69, 9.17) is 4.74 Å². The van der Waals surface area contributed by atoms with Crippen LogP contribution in [0.25, 0.3) is 0 Å². The molecule has 0 saturated heterocycles. The molecule has 5 heteroatoms. The first-order valence-electron chi connectivity index (χ1n) is 5.64. The quantitative estimate of drug-likeness (QED) is 0.922. The summed E-state index contributed by atoms with van der Waals surface area (Å²) in [6.07, 6.45) is 1.57. The average Bonchev–Trinajstić information content (AvgIpc) is 2.95. The molecule has 1 heterocycles. The number of ether oxygens (including phenoxy) is 1. The molecule has 1 unspecified atom stereocenters. The fraction of sp³-hybridized carbons (Fsp3) is 0.308. The van der Waals surface area contributed by atoms with E-state index < -0.39 is 5.60 Å². The second-order valence-electron chi connectivity index (χ2n) is 4.36. The first-order valence-corrected chi connectivity index (χ1v) is 7.31. The molecule has 3 rings (SSSR count). The van der Waals surface area contributed by atoms with Gasteiger partial charge >= 0.3 is 0 Å². The largest absolute Gasteiger partial charge is 0.497 e. The van der Waals surface area contributed by atoms with Crippen LogP contribution in [0.1, 0.15) is 22.4 Å². The van der Waals surface area contributed by atoms with E-state index >= 15 is 0 Å². The molecule has 1 aliphatic rings. The van der Waals surface area contributed by atoms with Crippen molar-refractivity contribution in [2.45, 2.75) is 18.4 Å². The zero-order valence-electron chi connectivity index (χ0n) is 9.81. The van der Waals surface area contributed by atoms with Crippen molar-refractivity contribution >= 4 is 27.3 Å². The van der Waals surface area contributed by atoms with Gasteiger partial charge in [-0.3, -0.25) is 0 Å². The lowest BCUT2D eigenvalue weighted by atomic mass is 9.94. The van der Waals surface area contributed by atoms with E-state index in [1.54, 1.807) is 12.6 Å². The average molecular weight is 326 g/mol. The van der Waals surface area contributed by atoms with Gasteiger partial charge in [-0.05, 0) is 52.0 Å². The zero-order chi connectivity index (χ0) is 12.8. The lowest BCUT2D eigenvalue weighted by Crippen LogP contribution is -2.23. The minimum absolute atomic E-state index is 0.691. The summed E-state index contributed by atoms with van der Waals surface area (Å²) >= 11 is 4.88. The Morgan fingerprint density at radius 3 is 3.00 bits per heavy atom. The Morgan fingerprint density at radius 1 is 1.50 bits per heavy atom. The van der Waals surface area contributed by atoms with Crippen LogP contribution < -0.4 is 4.74 Å². The van der Waals surface area contributed by atoms with E-state index in [-0.39, 0.29) is 0 Å². The molecule has 0 radical (unpaired) electrons. The van der Waals surface area contributed by atoms with Gasteiger partial charge < -0.3 is 9.84 Å². The Hall–Kier alpha value is -0.910. The molecule has 0 spiro atoms. The summed E-state index contributed by atoms with van der Waals surface area (Å²) in [5.41, 5.74) is 2.92. The van der Waals surface area contributed by atoms with Crippen LogP contribution in [0.2, 0.25) is 0 Å². The topological polar surface area (TPSA) is 42.4 Å². The highest BCUT2D eigenvalue weighted by Crippen LogP contribution is 2.46. The number of nitrogens with zero attached hydrogens (tertiary/aromatic N) is 1. The maximum Gasteiger partial charge on any atom is 0.127 e. The molecule has 0 bridgehead atoms. The predicted molar refractivity (Wildman–Crippen MR) is 74.1 cm³/mol. The monoisotopic (exact) mass is 325 g/mol. The number of benzene rings is 1. The molecule has 1 atom stereocenters. The fourth-order valence-corrected chi connectivity index (χ4v) is 4.14. The molecule has 2 aromatic rings. The van der Waals surface area contributed by atoms with Crippen molar-refractivity contribution < 1.29 is 9.84 Å². The maximum atomic E-state index is 11.0. The number of thiazole rings is 1. The Labute approximate surface area is 118 Å². The first kappa shape index (κ1) is 12.1. The van der Waals surface area contributed by atoms with E-state index in [0.29, 0.717) is 6.42 Å². The Balaban J connectivity index is 2.16. The van der Waals surface area contributed by atoms with Gasteiger partial charge in [-0.1, -0.05) is 6.07 Å². The van der Waals surface area contributed by atoms with Crippen molar-refractivity contribution in [1.82, 2.24) is 4.98 Å². The number of hydrogen-bond acceptors (Lipinski definition) is 4. The molecule has 3 nitrogen and oxygen atoms in total. The summed E-state index contributed by atoms with van der Waals surface area (Å²) in [4.78, 5) is 5.04. The molecule has 1 N–H and O–H groups in total. The number of rotatable bonds is 2. The maximum absolute atomic E-state index is 11.0. The summed E-state index contributed by atoms with van der Waals surface area (Å²) in [5.74, 6) is 0.773. The van der Waals surface area contributed by atoms with Crippen molar-refractivity contribution in [3.63, 3.8) is 0 Å².